The predicted octanol–water partition coefficient (Wildman–Crippen LogP) is 3.40. The van der Waals surface area contributed by atoms with Gasteiger partial charge in [0.1, 0.15) is 5.78 Å². The highest BCUT2D eigenvalue weighted by atomic mass is 16.1. The molecule has 0 N–H and O–H groups in total. The van der Waals surface area contributed by atoms with Crippen LogP contribution in [0, 0.1) is 5.92 Å². The number of rotatable bonds is 1. The van der Waals surface area contributed by atoms with Crippen LogP contribution >= 0.6 is 0 Å². The van der Waals surface area contributed by atoms with Gasteiger partial charge in [-0.25, -0.2) is 0 Å². The Morgan fingerprint density at radius 3 is 2.28 bits per heavy atom. The number of carbonyl (C=O) groups is 1. The first kappa shape index (κ1) is 13.1. The molecule has 1 heterocycles. The number of piperidine rings is 1. The van der Waals surface area contributed by atoms with E-state index in [2.05, 4.69) is 49.9 Å². The van der Waals surface area contributed by atoms with E-state index < -0.39 is 0 Å². The van der Waals surface area contributed by atoms with Crippen molar-refractivity contribution in [2.75, 3.05) is 18.0 Å². The van der Waals surface area contributed by atoms with Gasteiger partial charge in [-0.2, -0.15) is 0 Å². The van der Waals surface area contributed by atoms with Crippen molar-refractivity contribution in [1.82, 2.24) is 0 Å². The van der Waals surface area contributed by atoms with E-state index in [0.29, 0.717) is 12.2 Å². The zero-order chi connectivity index (χ0) is 13.3. The quantitative estimate of drug-likeness (QED) is 0.756. The number of carbonyl (C=O) groups excluding carboxylic acids is 1. The number of Topliss-reactive ketones (excluding diaryl/α,β-unsaturated/α-hetero) is 1. The molecule has 1 saturated heterocycles. The van der Waals surface area contributed by atoms with Gasteiger partial charge in [0.15, 0.2) is 0 Å². The Morgan fingerprint density at radius 1 is 1.17 bits per heavy atom. The number of hydrogen-bond acceptors (Lipinski definition) is 2. The summed E-state index contributed by atoms with van der Waals surface area (Å²) in [6, 6.07) is 8.78. The van der Waals surface area contributed by atoms with Crippen LogP contribution in [0.3, 0.4) is 0 Å². The normalized spacial score (nSPS) is 21.2. The lowest BCUT2D eigenvalue weighted by Gasteiger charge is -2.32. The summed E-state index contributed by atoms with van der Waals surface area (Å²) in [4.78, 5) is 13.8. The smallest absolute Gasteiger partial charge is 0.139 e. The van der Waals surface area contributed by atoms with E-state index in [-0.39, 0.29) is 11.3 Å². The molecule has 1 aromatic carbocycles. The van der Waals surface area contributed by atoms with Gasteiger partial charge in [0.05, 0.1) is 0 Å². The van der Waals surface area contributed by atoms with Crippen LogP contribution in [0.2, 0.25) is 0 Å². The second-order valence-electron chi connectivity index (χ2n) is 6.36. The highest BCUT2D eigenvalue weighted by Crippen LogP contribution is 2.26. The topological polar surface area (TPSA) is 20.3 Å². The van der Waals surface area contributed by atoms with Crippen LogP contribution in [-0.2, 0) is 10.2 Å². The van der Waals surface area contributed by atoms with Crippen LogP contribution in [0.1, 0.15) is 39.7 Å². The second-order valence-corrected chi connectivity index (χ2v) is 6.36. The van der Waals surface area contributed by atoms with Crippen molar-refractivity contribution in [2.24, 2.45) is 5.92 Å². The second kappa shape index (κ2) is 4.75. The molecule has 18 heavy (non-hydrogen) atoms. The van der Waals surface area contributed by atoms with Crippen LogP contribution in [0.15, 0.2) is 24.3 Å². The fourth-order valence-electron chi connectivity index (χ4n) is 2.42. The summed E-state index contributed by atoms with van der Waals surface area (Å²) >= 11 is 0. The molecule has 0 spiro atoms. The summed E-state index contributed by atoms with van der Waals surface area (Å²) in [5.41, 5.74) is 2.79. The van der Waals surface area contributed by atoms with Gasteiger partial charge >= 0.3 is 0 Å². The summed E-state index contributed by atoms with van der Waals surface area (Å²) in [6.45, 7) is 10.4. The highest BCUT2D eigenvalue weighted by Gasteiger charge is 2.23. The van der Waals surface area contributed by atoms with Gasteiger partial charge in [0.25, 0.3) is 0 Å². The maximum absolute atomic E-state index is 11.5. The Morgan fingerprint density at radius 2 is 1.78 bits per heavy atom. The minimum Gasteiger partial charge on any atom is -0.370 e. The third-order valence-corrected chi connectivity index (χ3v) is 3.77. The first-order valence-corrected chi connectivity index (χ1v) is 6.76. The molecule has 1 atom stereocenters. The summed E-state index contributed by atoms with van der Waals surface area (Å²) in [5, 5.41) is 0. The molecule has 0 bridgehead atoms. The number of hydrogen-bond donors (Lipinski definition) is 0. The van der Waals surface area contributed by atoms with Gasteiger partial charge in [-0.3, -0.25) is 4.79 Å². The lowest BCUT2D eigenvalue weighted by atomic mass is 9.87. The van der Waals surface area contributed by atoms with Crippen LogP contribution < -0.4 is 4.90 Å². The largest absolute Gasteiger partial charge is 0.370 e. The summed E-state index contributed by atoms with van der Waals surface area (Å²) < 4.78 is 0. The molecular weight excluding hydrogens is 222 g/mol. The lowest BCUT2D eigenvalue weighted by Crippen LogP contribution is -2.39. The van der Waals surface area contributed by atoms with Crippen molar-refractivity contribution < 1.29 is 4.79 Å². The fourth-order valence-corrected chi connectivity index (χ4v) is 2.42. The van der Waals surface area contributed by atoms with Crippen molar-refractivity contribution in [3.8, 4) is 0 Å². The first-order valence-electron chi connectivity index (χ1n) is 6.76. The van der Waals surface area contributed by atoms with E-state index in [0.717, 1.165) is 13.1 Å². The molecular formula is C16H23NO. The zero-order valence-corrected chi connectivity index (χ0v) is 11.9. The SMILES string of the molecule is CC1CN(c2ccc(C(C)(C)C)cc2)CCC1=O. The van der Waals surface area contributed by atoms with Gasteiger partial charge in [-0.05, 0) is 23.1 Å². The third kappa shape index (κ3) is 2.74. The van der Waals surface area contributed by atoms with Gasteiger partial charge < -0.3 is 4.90 Å². The summed E-state index contributed by atoms with van der Waals surface area (Å²) in [6.07, 6.45) is 0.683. The molecule has 98 valence electrons. The Labute approximate surface area is 110 Å². The number of anilines is 1. The van der Waals surface area contributed by atoms with Crippen LogP contribution in [0.4, 0.5) is 5.69 Å². The molecule has 0 saturated carbocycles. The monoisotopic (exact) mass is 245 g/mol. The maximum atomic E-state index is 11.5. The van der Waals surface area contributed by atoms with Crippen LogP contribution in [0.5, 0.6) is 0 Å². The summed E-state index contributed by atoms with van der Waals surface area (Å²) in [5.74, 6) is 0.568. The molecule has 1 aliphatic rings. The van der Waals surface area contributed by atoms with Crippen LogP contribution in [0.25, 0.3) is 0 Å². The molecule has 2 rings (SSSR count). The van der Waals surface area contributed by atoms with Crippen molar-refractivity contribution in [3.05, 3.63) is 29.8 Å². The van der Waals surface area contributed by atoms with Gasteiger partial charge in [-0.15, -0.1) is 0 Å². The molecule has 0 aliphatic carbocycles. The van der Waals surface area contributed by atoms with E-state index in [1.807, 2.05) is 6.92 Å². The molecule has 1 fully saturated rings. The fraction of sp³-hybridized carbons (Fsp3) is 0.562. The minimum absolute atomic E-state index is 0.168. The van der Waals surface area contributed by atoms with Gasteiger partial charge in [0, 0.05) is 31.1 Å². The molecule has 1 aliphatic heterocycles. The Kier molecular flexibility index (Phi) is 3.47. The van der Waals surface area contributed by atoms with Gasteiger partial charge in [-0.1, -0.05) is 39.8 Å². The predicted molar refractivity (Wildman–Crippen MR) is 76.1 cm³/mol. The Bertz CT molecular complexity index is 427. The Hall–Kier alpha value is -1.31. The molecule has 0 radical (unpaired) electrons. The Balaban J connectivity index is 2.13. The van der Waals surface area contributed by atoms with Crippen molar-refractivity contribution >= 4 is 11.5 Å². The van der Waals surface area contributed by atoms with E-state index >= 15 is 0 Å². The number of nitrogens with zero attached hydrogens (tertiary/aromatic N) is 1. The molecule has 0 amide bonds. The molecule has 1 unspecified atom stereocenters. The molecule has 2 heteroatoms. The van der Waals surface area contributed by atoms with E-state index in [1.54, 1.807) is 0 Å². The van der Waals surface area contributed by atoms with Crippen molar-refractivity contribution in [1.29, 1.82) is 0 Å². The van der Waals surface area contributed by atoms with Crippen molar-refractivity contribution in [3.63, 3.8) is 0 Å². The van der Waals surface area contributed by atoms with Crippen LogP contribution in [-0.4, -0.2) is 18.9 Å². The minimum atomic E-state index is 0.168. The zero-order valence-electron chi connectivity index (χ0n) is 11.9. The van der Waals surface area contributed by atoms with E-state index in [1.165, 1.54) is 11.3 Å². The lowest BCUT2D eigenvalue weighted by molar-refractivity contribution is -0.122. The average Bonchev–Trinajstić information content (AvgIpc) is 2.32. The first-order chi connectivity index (χ1) is 8.38. The molecule has 2 nitrogen and oxygen atoms in total. The maximum Gasteiger partial charge on any atom is 0.139 e. The van der Waals surface area contributed by atoms with E-state index in [9.17, 15) is 4.79 Å². The number of ketones is 1. The third-order valence-electron chi connectivity index (χ3n) is 3.77. The average molecular weight is 245 g/mol. The highest BCUT2D eigenvalue weighted by molar-refractivity contribution is 5.83. The van der Waals surface area contributed by atoms with Crippen molar-refractivity contribution in [2.45, 2.75) is 39.5 Å². The van der Waals surface area contributed by atoms with E-state index in [4.69, 9.17) is 0 Å². The standard InChI is InChI=1S/C16H23NO/c1-12-11-17(10-9-15(12)18)14-7-5-13(6-8-14)16(2,3)4/h5-8,12H,9-11H2,1-4H3. The molecule has 0 aromatic heterocycles. The number of benzene rings is 1. The molecule has 1 aromatic rings. The summed E-state index contributed by atoms with van der Waals surface area (Å²) in [7, 11) is 0. The van der Waals surface area contributed by atoms with Gasteiger partial charge in [0.2, 0.25) is 0 Å².